The smallest absolute Gasteiger partial charge is 0.128 e. The number of nitrogens with zero attached hydrogens (tertiary/aromatic N) is 3. The Morgan fingerprint density at radius 3 is 2.91 bits per heavy atom. The first kappa shape index (κ1) is 16.5. The molecule has 0 aliphatic carbocycles. The monoisotopic (exact) mass is 318 g/mol. The van der Waals surface area contributed by atoms with Gasteiger partial charge in [-0.3, -0.25) is 4.68 Å². The molecule has 0 aliphatic heterocycles. The summed E-state index contributed by atoms with van der Waals surface area (Å²) < 4.78 is 15.9. The molecule has 2 aromatic rings. The fourth-order valence-corrected chi connectivity index (χ4v) is 3.29. The third-order valence-electron chi connectivity index (χ3n) is 3.51. The van der Waals surface area contributed by atoms with E-state index in [0.717, 1.165) is 17.9 Å². The van der Waals surface area contributed by atoms with Gasteiger partial charge in [-0.15, -0.1) is 11.8 Å². The number of hydrogen-bond acceptors (Lipinski definition) is 4. The van der Waals surface area contributed by atoms with Crippen LogP contribution in [0.5, 0.6) is 0 Å². The molecular weight excluding hydrogens is 299 g/mol. The highest BCUT2D eigenvalue weighted by molar-refractivity contribution is 7.98. The average molecular weight is 318 g/mol. The second-order valence-corrected chi connectivity index (χ2v) is 5.96. The van der Waals surface area contributed by atoms with Crippen molar-refractivity contribution in [1.82, 2.24) is 9.78 Å². The molecule has 116 valence electrons. The van der Waals surface area contributed by atoms with Crippen LogP contribution in [0.2, 0.25) is 0 Å². The van der Waals surface area contributed by atoms with Crippen LogP contribution in [0.4, 0.5) is 4.39 Å². The molecule has 1 heterocycles. The number of aromatic nitrogens is 2. The zero-order valence-electron chi connectivity index (χ0n) is 12.5. The minimum absolute atomic E-state index is 0.272. The highest BCUT2D eigenvalue weighted by atomic mass is 32.2. The fourth-order valence-electron chi connectivity index (χ4n) is 2.27. The topological polar surface area (TPSA) is 67.6 Å². The van der Waals surface area contributed by atoms with Gasteiger partial charge in [0.25, 0.3) is 0 Å². The molecule has 1 atom stereocenters. The van der Waals surface area contributed by atoms with Crippen molar-refractivity contribution >= 4 is 11.8 Å². The van der Waals surface area contributed by atoms with Crippen molar-refractivity contribution in [3.05, 3.63) is 47.4 Å². The van der Waals surface area contributed by atoms with Crippen molar-refractivity contribution in [3.8, 4) is 6.07 Å². The van der Waals surface area contributed by atoms with E-state index >= 15 is 0 Å². The lowest BCUT2D eigenvalue weighted by Crippen LogP contribution is -2.15. The quantitative estimate of drug-likeness (QED) is 0.794. The van der Waals surface area contributed by atoms with Gasteiger partial charge in [-0.2, -0.15) is 10.4 Å². The summed E-state index contributed by atoms with van der Waals surface area (Å²) >= 11 is 1.54. The van der Waals surface area contributed by atoms with Gasteiger partial charge in [-0.25, -0.2) is 4.39 Å². The molecule has 0 saturated heterocycles. The number of hydrogen-bond donors (Lipinski definition) is 1. The molecule has 0 bridgehead atoms. The molecule has 2 N–H and O–H groups in total. The lowest BCUT2D eigenvalue weighted by molar-refractivity contribution is 0.392. The minimum atomic E-state index is -0.341. The highest BCUT2D eigenvalue weighted by Gasteiger charge is 2.13. The van der Waals surface area contributed by atoms with Crippen LogP contribution < -0.4 is 5.73 Å². The van der Waals surface area contributed by atoms with E-state index in [1.165, 1.54) is 6.07 Å². The average Bonchev–Trinajstić information content (AvgIpc) is 2.99. The molecule has 2 rings (SSSR count). The number of nitrogens with two attached hydrogens (primary N) is 1. The maximum absolute atomic E-state index is 13.9. The van der Waals surface area contributed by atoms with E-state index in [1.807, 2.05) is 16.8 Å². The van der Waals surface area contributed by atoms with Crippen LogP contribution in [0, 0.1) is 17.1 Å². The van der Waals surface area contributed by atoms with Gasteiger partial charge in [0, 0.05) is 5.75 Å². The molecule has 0 aliphatic rings. The van der Waals surface area contributed by atoms with Gasteiger partial charge in [0.15, 0.2) is 0 Å². The second kappa shape index (κ2) is 7.97. The minimum Gasteiger partial charge on any atom is -0.330 e. The number of halogens is 1. The summed E-state index contributed by atoms with van der Waals surface area (Å²) in [5.41, 5.74) is 6.57. The van der Waals surface area contributed by atoms with Crippen molar-refractivity contribution in [2.24, 2.45) is 5.73 Å². The molecule has 6 heteroatoms. The Labute approximate surface area is 134 Å². The fraction of sp³-hybridized carbons (Fsp3) is 0.375. The number of rotatable bonds is 7. The first-order valence-corrected chi connectivity index (χ1v) is 8.23. The first-order valence-electron chi connectivity index (χ1n) is 7.24. The molecular formula is C16H19FN4S. The molecule has 1 aromatic carbocycles. The zero-order chi connectivity index (χ0) is 15.9. The summed E-state index contributed by atoms with van der Waals surface area (Å²) in [5.74, 6) is 0.161. The van der Waals surface area contributed by atoms with Crippen molar-refractivity contribution < 1.29 is 4.39 Å². The van der Waals surface area contributed by atoms with Crippen molar-refractivity contribution in [2.75, 3.05) is 6.54 Å². The Bertz CT molecular complexity index is 662. The second-order valence-electron chi connectivity index (χ2n) is 4.96. The van der Waals surface area contributed by atoms with Crippen LogP contribution in [0.3, 0.4) is 0 Å². The summed E-state index contributed by atoms with van der Waals surface area (Å²) in [4.78, 5) is 0. The molecule has 0 fully saturated rings. The summed E-state index contributed by atoms with van der Waals surface area (Å²) in [7, 11) is 0. The molecule has 0 radical (unpaired) electrons. The predicted octanol–water partition coefficient (Wildman–Crippen LogP) is 3.49. The van der Waals surface area contributed by atoms with Crippen molar-refractivity contribution in [2.45, 2.75) is 36.6 Å². The normalized spacial score (nSPS) is 12.1. The molecule has 22 heavy (non-hydrogen) atoms. The van der Waals surface area contributed by atoms with Crippen molar-refractivity contribution in [3.63, 3.8) is 0 Å². The maximum Gasteiger partial charge on any atom is 0.128 e. The molecule has 1 aromatic heterocycles. The summed E-state index contributed by atoms with van der Waals surface area (Å²) in [6.07, 6.45) is 3.59. The number of benzene rings is 1. The number of thioether (sulfide) groups is 1. The summed E-state index contributed by atoms with van der Waals surface area (Å²) in [6.45, 7) is 2.73. The predicted molar refractivity (Wildman–Crippen MR) is 85.9 cm³/mol. The van der Waals surface area contributed by atoms with Gasteiger partial charge in [-0.1, -0.05) is 13.0 Å². The Morgan fingerprint density at radius 1 is 1.45 bits per heavy atom. The van der Waals surface area contributed by atoms with Crippen LogP contribution >= 0.6 is 11.8 Å². The van der Waals surface area contributed by atoms with Crippen LogP contribution in [0.25, 0.3) is 0 Å². The SMILES string of the molecule is CCC(CCN)n1nccc1SCc1ccc(C#N)cc1F. The summed E-state index contributed by atoms with van der Waals surface area (Å²) in [6, 6.07) is 8.72. The molecule has 1 unspecified atom stereocenters. The van der Waals surface area contributed by atoms with E-state index in [-0.39, 0.29) is 11.9 Å². The van der Waals surface area contributed by atoms with E-state index in [1.54, 1.807) is 30.1 Å². The van der Waals surface area contributed by atoms with Crippen LogP contribution in [0.15, 0.2) is 35.5 Å². The standard InChI is InChI=1S/C16H19FN4S/c1-2-14(5-7-18)21-16(6-8-20-21)22-11-13-4-3-12(10-19)9-15(13)17/h3-4,6,8-9,14H,2,5,7,11,18H2,1H3. The van der Waals surface area contributed by atoms with E-state index in [2.05, 4.69) is 12.0 Å². The van der Waals surface area contributed by atoms with Crippen LogP contribution in [0.1, 0.15) is 36.9 Å². The Hall–Kier alpha value is -1.84. The van der Waals surface area contributed by atoms with Crippen LogP contribution in [-0.4, -0.2) is 16.3 Å². The van der Waals surface area contributed by atoms with Gasteiger partial charge in [0.1, 0.15) is 5.82 Å². The van der Waals surface area contributed by atoms with E-state index in [9.17, 15) is 4.39 Å². The molecule has 0 saturated carbocycles. The first-order chi connectivity index (χ1) is 10.7. The van der Waals surface area contributed by atoms with Gasteiger partial charge >= 0.3 is 0 Å². The lowest BCUT2D eigenvalue weighted by Gasteiger charge is -2.17. The molecule has 4 nitrogen and oxygen atoms in total. The van der Waals surface area contributed by atoms with E-state index in [0.29, 0.717) is 23.4 Å². The molecule has 0 amide bonds. The Morgan fingerprint density at radius 2 is 2.27 bits per heavy atom. The highest BCUT2D eigenvalue weighted by Crippen LogP contribution is 2.28. The van der Waals surface area contributed by atoms with Gasteiger partial charge < -0.3 is 5.73 Å². The lowest BCUT2D eigenvalue weighted by atomic mass is 10.1. The van der Waals surface area contributed by atoms with Gasteiger partial charge in [-0.05, 0) is 43.1 Å². The third kappa shape index (κ3) is 3.87. The Balaban J connectivity index is 2.09. The molecule has 0 spiro atoms. The van der Waals surface area contributed by atoms with E-state index in [4.69, 9.17) is 11.0 Å². The largest absolute Gasteiger partial charge is 0.330 e. The third-order valence-corrected chi connectivity index (χ3v) is 4.58. The maximum atomic E-state index is 13.9. The van der Waals surface area contributed by atoms with Crippen molar-refractivity contribution in [1.29, 1.82) is 5.26 Å². The number of nitriles is 1. The Kier molecular flexibility index (Phi) is 5.99. The van der Waals surface area contributed by atoms with Crippen LogP contribution in [-0.2, 0) is 5.75 Å². The zero-order valence-corrected chi connectivity index (χ0v) is 13.3. The van der Waals surface area contributed by atoms with Gasteiger partial charge in [0.2, 0.25) is 0 Å². The summed E-state index contributed by atoms with van der Waals surface area (Å²) in [5, 5.41) is 14.1. The van der Waals surface area contributed by atoms with E-state index < -0.39 is 0 Å². The van der Waals surface area contributed by atoms with Gasteiger partial charge in [0.05, 0.1) is 28.9 Å².